The summed E-state index contributed by atoms with van der Waals surface area (Å²) >= 11 is 1.01. The van der Waals surface area contributed by atoms with Gasteiger partial charge in [0.1, 0.15) is 0 Å². The lowest BCUT2D eigenvalue weighted by Crippen LogP contribution is -2.24. The molecule has 4 nitrogen and oxygen atoms in total. The fourth-order valence-corrected chi connectivity index (χ4v) is 2.78. The summed E-state index contributed by atoms with van der Waals surface area (Å²) in [4.78, 5) is 11.7. The maximum atomic E-state index is 12.7. The molecule has 0 aliphatic heterocycles. The fourth-order valence-electron chi connectivity index (χ4n) is 1.92. The topological polar surface area (TPSA) is 57.8 Å². The Balaban J connectivity index is 2.08. The third-order valence-electron chi connectivity index (χ3n) is 3.26. The van der Waals surface area contributed by atoms with Crippen molar-refractivity contribution in [1.82, 2.24) is 15.5 Å². The number of rotatable bonds is 4. The van der Waals surface area contributed by atoms with Crippen LogP contribution in [0.15, 0.2) is 15.6 Å². The van der Waals surface area contributed by atoms with Crippen LogP contribution in [-0.4, -0.2) is 10.2 Å². The van der Waals surface area contributed by atoms with E-state index in [0.717, 1.165) is 22.3 Å². The predicted octanol–water partition coefficient (Wildman–Crippen LogP) is 2.76. The zero-order chi connectivity index (χ0) is 15.6. The third kappa shape index (κ3) is 3.51. The van der Waals surface area contributed by atoms with Crippen LogP contribution in [-0.2, 0) is 19.3 Å². The second-order valence-corrected chi connectivity index (χ2v) is 5.40. The van der Waals surface area contributed by atoms with Crippen molar-refractivity contribution in [3.8, 4) is 0 Å². The van der Waals surface area contributed by atoms with E-state index in [1.165, 1.54) is 5.38 Å². The molecule has 0 aromatic carbocycles. The quantitative estimate of drug-likeness (QED) is 0.911. The molecule has 0 bridgehead atoms. The predicted molar refractivity (Wildman–Crippen MR) is 74.2 cm³/mol. The Hall–Kier alpha value is -1.67. The van der Waals surface area contributed by atoms with E-state index in [2.05, 4.69) is 15.5 Å². The molecule has 0 saturated heterocycles. The van der Waals surface area contributed by atoms with Gasteiger partial charge in [-0.2, -0.15) is 29.6 Å². The van der Waals surface area contributed by atoms with Gasteiger partial charge in [0, 0.05) is 24.0 Å². The van der Waals surface area contributed by atoms with E-state index < -0.39 is 11.7 Å². The van der Waals surface area contributed by atoms with Crippen LogP contribution in [0.1, 0.15) is 27.9 Å². The number of hydrogen-bond acceptors (Lipinski definition) is 4. The zero-order valence-electron chi connectivity index (χ0n) is 11.5. The Kier molecular flexibility index (Phi) is 4.48. The van der Waals surface area contributed by atoms with E-state index >= 15 is 0 Å². The summed E-state index contributed by atoms with van der Waals surface area (Å²) in [5.41, 5.74) is 1.16. The number of nitrogens with one attached hydrogen (secondary N) is 2. The lowest BCUT2D eigenvalue weighted by molar-refractivity contribution is -0.137. The zero-order valence-corrected chi connectivity index (χ0v) is 12.3. The van der Waals surface area contributed by atoms with Crippen LogP contribution in [0.2, 0.25) is 0 Å². The number of halogens is 3. The van der Waals surface area contributed by atoms with Gasteiger partial charge in [0.05, 0.1) is 11.3 Å². The SMILES string of the molecule is Cc1n[nH]c(=O)c(CNCc2cscc2C(F)(F)F)c1C. The summed E-state index contributed by atoms with van der Waals surface area (Å²) in [6.45, 7) is 3.77. The molecule has 2 aromatic heterocycles. The standard InChI is InChI=1S/C13H14F3N3OS/c1-7-8(2)18-19-12(20)10(7)4-17-3-9-5-21-6-11(9)13(14,15)16/h5-6,17H,3-4H2,1-2H3,(H,19,20). The number of aromatic amines is 1. The summed E-state index contributed by atoms with van der Waals surface area (Å²) in [6, 6.07) is 0. The average Bonchev–Trinajstić information content (AvgIpc) is 2.86. The molecule has 0 atom stereocenters. The number of aromatic nitrogens is 2. The van der Waals surface area contributed by atoms with Gasteiger partial charge in [0.2, 0.25) is 0 Å². The maximum Gasteiger partial charge on any atom is 0.417 e. The van der Waals surface area contributed by atoms with E-state index in [9.17, 15) is 18.0 Å². The van der Waals surface area contributed by atoms with Gasteiger partial charge in [-0.05, 0) is 30.4 Å². The van der Waals surface area contributed by atoms with Crippen molar-refractivity contribution in [2.45, 2.75) is 33.1 Å². The molecule has 0 saturated carbocycles. The summed E-state index contributed by atoms with van der Waals surface area (Å²) in [5.74, 6) is 0. The number of thiophene rings is 1. The molecule has 0 radical (unpaired) electrons. The molecule has 2 aromatic rings. The minimum Gasteiger partial charge on any atom is -0.308 e. The van der Waals surface area contributed by atoms with Crippen LogP contribution in [0.5, 0.6) is 0 Å². The molecule has 2 rings (SSSR count). The molecule has 2 heterocycles. The van der Waals surface area contributed by atoms with Gasteiger partial charge in [-0.15, -0.1) is 0 Å². The molecular weight excluding hydrogens is 303 g/mol. The first-order chi connectivity index (χ1) is 9.80. The third-order valence-corrected chi connectivity index (χ3v) is 4.05. The lowest BCUT2D eigenvalue weighted by Gasteiger charge is -2.10. The molecule has 0 unspecified atom stereocenters. The van der Waals surface area contributed by atoms with E-state index in [4.69, 9.17) is 0 Å². The summed E-state index contributed by atoms with van der Waals surface area (Å²) < 4.78 is 38.2. The van der Waals surface area contributed by atoms with Crippen molar-refractivity contribution >= 4 is 11.3 Å². The normalized spacial score (nSPS) is 11.9. The van der Waals surface area contributed by atoms with Crippen molar-refractivity contribution in [2.24, 2.45) is 0 Å². The van der Waals surface area contributed by atoms with Crippen LogP contribution in [0.25, 0.3) is 0 Å². The highest BCUT2D eigenvalue weighted by molar-refractivity contribution is 7.08. The first kappa shape index (κ1) is 15.7. The molecule has 0 spiro atoms. The van der Waals surface area contributed by atoms with Gasteiger partial charge in [0.25, 0.3) is 5.56 Å². The van der Waals surface area contributed by atoms with Crippen LogP contribution >= 0.6 is 11.3 Å². The first-order valence-electron chi connectivity index (χ1n) is 6.18. The van der Waals surface area contributed by atoms with E-state index in [1.807, 2.05) is 0 Å². The molecule has 0 amide bonds. The number of alkyl halides is 3. The first-order valence-corrected chi connectivity index (χ1v) is 7.12. The highest BCUT2D eigenvalue weighted by Crippen LogP contribution is 2.34. The number of nitrogens with zero attached hydrogens (tertiary/aromatic N) is 1. The Morgan fingerprint density at radius 2 is 2.00 bits per heavy atom. The van der Waals surface area contributed by atoms with Crippen molar-refractivity contribution in [2.75, 3.05) is 0 Å². The number of hydrogen-bond donors (Lipinski definition) is 2. The van der Waals surface area contributed by atoms with Crippen LogP contribution in [0, 0.1) is 13.8 Å². The summed E-state index contributed by atoms with van der Waals surface area (Å²) in [5, 5.41) is 11.6. The molecule has 114 valence electrons. The highest BCUT2D eigenvalue weighted by atomic mass is 32.1. The maximum absolute atomic E-state index is 12.7. The van der Waals surface area contributed by atoms with Crippen molar-refractivity contribution in [1.29, 1.82) is 0 Å². The van der Waals surface area contributed by atoms with Gasteiger partial charge in [-0.25, -0.2) is 5.10 Å². The van der Waals surface area contributed by atoms with Gasteiger partial charge < -0.3 is 5.32 Å². The lowest BCUT2D eigenvalue weighted by atomic mass is 10.1. The van der Waals surface area contributed by atoms with Gasteiger partial charge >= 0.3 is 6.18 Å². The van der Waals surface area contributed by atoms with Crippen LogP contribution in [0.3, 0.4) is 0 Å². The van der Waals surface area contributed by atoms with Crippen LogP contribution in [0.4, 0.5) is 13.2 Å². The molecule has 21 heavy (non-hydrogen) atoms. The minimum absolute atomic E-state index is 0.0542. The molecule has 0 fully saturated rings. The van der Waals surface area contributed by atoms with E-state index in [0.29, 0.717) is 11.3 Å². The molecule has 0 aliphatic carbocycles. The second kappa shape index (κ2) is 5.98. The van der Waals surface area contributed by atoms with Crippen LogP contribution < -0.4 is 10.9 Å². The summed E-state index contributed by atoms with van der Waals surface area (Å²) in [7, 11) is 0. The van der Waals surface area contributed by atoms with E-state index in [-0.39, 0.29) is 24.2 Å². The van der Waals surface area contributed by atoms with Gasteiger partial charge in [-0.3, -0.25) is 4.79 Å². The Bertz CT molecular complexity index is 691. The smallest absolute Gasteiger partial charge is 0.308 e. The highest BCUT2D eigenvalue weighted by Gasteiger charge is 2.33. The molecule has 0 aliphatic rings. The second-order valence-electron chi connectivity index (χ2n) is 4.65. The Morgan fingerprint density at radius 1 is 1.29 bits per heavy atom. The Morgan fingerprint density at radius 3 is 2.67 bits per heavy atom. The minimum atomic E-state index is -4.35. The number of H-pyrrole nitrogens is 1. The monoisotopic (exact) mass is 317 g/mol. The molecular formula is C13H14F3N3OS. The summed E-state index contributed by atoms with van der Waals surface area (Å²) in [6.07, 6.45) is -4.35. The molecule has 2 N–H and O–H groups in total. The van der Waals surface area contributed by atoms with Gasteiger partial charge in [-0.1, -0.05) is 0 Å². The fraction of sp³-hybridized carbons (Fsp3) is 0.385. The largest absolute Gasteiger partial charge is 0.417 e. The number of aryl methyl sites for hydroxylation is 1. The average molecular weight is 317 g/mol. The van der Waals surface area contributed by atoms with Gasteiger partial charge in [0.15, 0.2) is 0 Å². The van der Waals surface area contributed by atoms with Crippen molar-refractivity contribution in [3.63, 3.8) is 0 Å². The van der Waals surface area contributed by atoms with E-state index in [1.54, 1.807) is 13.8 Å². The van der Waals surface area contributed by atoms with Crippen molar-refractivity contribution in [3.05, 3.63) is 49.1 Å². The molecule has 8 heteroatoms. The van der Waals surface area contributed by atoms with Crippen molar-refractivity contribution < 1.29 is 13.2 Å². The Labute approximate surface area is 123 Å².